The number of carbonyl (C=O) groups is 1. The van der Waals surface area contributed by atoms with E-state index in [2.05, 4.69) is 5.10 Å². The maximum Gasteiger partial charge on any atom is 0.359 e. The molecular formula is C15H19N3O2. The van der Waals surface area contributed by atoms with Crippen molar-refractivity contribution in [2.24, 2.45) is 7.05 Å². The summed E-state index contributed by atoms with van der Waals surface area (Å²) in [7, 11) is 1.69. The van der Waals surface area contributed by atoms with Crippen molar-refractivity contribution in [1.82, 2.24) is 9.78 Å². The quantitative estimate of drug-likeness (QED) is 0.867. The highest BCUT2D eigenvalue weighted by atomic mass is 16.5. The van der Waals surface area contributed by atoms with Crippen LogP contribution in [0, 0.1) is 6.92 Å². The minimum absolute atomic E-state index is 0.234. The third kappa shape index (κ3) is 2.66. The van der Waals surface area contributed by atoms with Crippen molar-refractivity contribution in [3.8, 4) is 0 Å². The van der Waals surface area contributed by atoms with Crippen LogP contribution in [-0.2, 0) is 24.8 Å². The lowest BCUT2D eigenvalue weighted by molar-refractivity contribution is 0.0460. The van der Waals surface area contributed by atoms with Crippen molar-refractivity contribution in [2.45, 2.75) is 26.9 Å². The van der Waals surface area contributed by atoms with Gasteiger partial charge in [-0.2, -0.15) is 5.10 Å². The van der Waals surface area contributed by atoms with Gasteiger partial charge < -0.3 is 10.5 Å². The van der Waals surface area contributed by atoms with Gasteiger partial charge in [-0.3, -0.25) is 4.68 Å². The van der Waals surface area contributed by atoms with E-state index in [1.54, 1.807) is 7.05 Å². The number of aromatic nitrogens is 2. The molecule has 1 aromatic carbocycles. The summed E-state index contributed by atoms with van der Waals surface area (Å²) >= 11 is 0. The largest absolute Gasteiger partial charge is 0.456 e. The summed E-state index contributed by atoms with van der Waals surface area (Å²) in [6, 6.07) is 7.79. The smallest absolute Gasteiger partial charge is 0.359 e. The van der Waals surface area contributed by atoms with Crippen LogP contribution in [0.4, 0.5) is 5.69 Å². The Hall–Kier alpha value is -2.30. The monoisotopic (exact) mass is 273 g/mol. The van der Waals surface area contributed by atoms with Crippen molar-refractivity contribution >= 4 is 11.7 Å². The molecule has 0 unspecified atom stereocenters. The number of ether oxygens (including phenoxy) is 1. The number of rotatable bonds is 4. The van der Waals surface area contributed by atoms with Crippen LogP contribution in [0.5, 0.6) is 0 Å². The average molecular weight is 273 g/mol. The van der Waals surface area contributed by atoms with E-state index in [0.717, 1.165) is 16.8 Å². The first-order valence-corrected chi connectivity index (χ1v) is 6.57. The zero-order valence-electron chi connectivity index (χ0n) is 12.0. The van der Waals surface area contributed by atoms with Crippen molar-refractivity contribution < 1.29 is 9.53 Å². The van der Waals surface area contributed by atoms with Crippen LogP contribution in [0.25, 0.3) is 0 Å². The average Bonchev–Trinajstić information content (AvgIpc) is 2.72. The van der Waals surface area contributed by atoms with E-state index in [9.17, 15) is 4.79 Å². The van der Waals surface area contributed by atoms with Gasteiger partial charge in [-0.1, -0.05) is 31.2 Å². The number of esters is 1. The lowest BCUT2D eigenvalue weighted by Crippen LogP contribution is -2.13. The summed E-state index contributed by atoms with van der Waals surface area (Å²) < 4.78 is 6.82. The third-order valence-corrected chi connectivity index (χ3v) is 3.31. The second kappa shape index (κ2) is 5.77. The molecular weight excluding hydrogens is 254 g/mol. The first kappa shape index (κ1) is 14.1. The van der Waals surface area contributed by atoms with Crippen molar-refractivity contribution in [3.05, 3.63) is 46.8 Å². The van der Waals surface area contributed by atoms with Crippen molar-refractivity contribution in [1.29, 1.82) is 0 Å². The molecule has 20 heavy (non-hydrogen) atoms. The zero-order valence-corrected chi connectivity index (χ0v) is 12.0. The molecule has 0 bridgehead atoms. The van der Waals surface area contributed by atoms with E-state index in [-0.39, 0.29) is 6.61 Å². The Labute approximate surface area is 118 Å². The van der Waals surface area contributed by atoms with Gasteiger partial charge in [-0.15, -0.1) is 0 Å². The predicted molar refractivity (Wildman–Crippen MR) is 77.3 cm³/mol. The van der Waals surface area contributed by atoms with E-state index in [4.69, 9.17) is 10.5 Å². The molecule has 0 saturated heterocycles. The van der Waals surface area contributed by atoms with Gasteiger partial charge in [0.2, 0.25) is 0 Å². The predicted octanol–water partition coefficient (Wildman–Crippen LogP) is 2.23. The highest BCUT2D eigenvalue weighted by molar-refractivity contribution is 5.93. The summed E-state index contributed by atoms with van der Waals surface area (Å²) in [5.74, 6) is -0.444. The molecule has 0 aliphatic carbocycles. The van der Waals surface area contributed by atoms with Gasteiger partial charge in [0.15, 0.2) is 5.69 Å². The highest BCUT2D eigenvalue weighted by Gasteiger charge is 2.20. The SMILES string of the molecule is CCc1nn(C)c(C(=O)OCc2ccccc2C)c1N. The minimum Gasteiger partial charge on any atom is -0.456 e. The minimum atomic E-state index is -0.444. The van der Waals surface area contributed by atoms with Crippen molar-refractivity contribution in [2.75, 3.05) is 5.73 Å². The third-order valence-electron chi connectivity index (χ3n) is 3.31. The molecule has 0 aliphatic heterocycles. The molecule has 2 aromatic rings. The van der Waals surface area contributed by atoms with E-state index >= 15 is 0 Å². The Morgan fingerprint density at radius 2 is 2.10 bits per heavy atom. The van der Waals surface area contributed by atoms with Gasteiger partial charge in [-0.25, -0.2) is 4.79 Å². The summed E-state index contributed by atoms with van der Waals surface area (Å²) in [6.07, 6.45) is 0.685. The number of hydrogen-bond donors (Lipinski definition) is 1. The van der Waals surface area contributed by atoms with Crippen LogP contribution >= 0.6 is 0 Å². The number of benzene rings is 1. The molecule has 106 valence electrons. The topological polar surface area (TPSA) is 70.1 Å². The lowest BCUT2D eigenvalue weighted by atomic mass is 10.1. The first-order valence-electron chi connectivity index (χ1n) is 6.57. The van der Waals surface area contributed by atoms with Crippen LogP contribution in [0.1, 0.15) is 34.2 Å². The molecule has 2 N–H and O–H groups in total. The molecule has 5 heteroatoms. The fourth-order valence-corrected chi connectivity index (χ4v) is 2.08. The van der Waals surface area contributed by atoms with Crippen LogP contribution < -0.4 is 5.73 Å². The molecule has 5 nitrogen and oxygen atoms in total. The first-order chi connectivity index (χ1) is 9.54. The van der Waals surface area contributed by atoms with Gasteiger partial charge in [0.25, 0.3) is 0 Å². The van der Waals surface area contributed by atoms with E-state index in [1.165, 1.54) is 4.68 Å². The number of hydrogen-bond acceptors (Lipinski definition) is 4. The number of anilines is 1. The standard InChI is InChI=1S/C15H19N3O2/c1-4-12-13(16)14(18(3)17-12)15(19)20-9-11-8-6-5-7-10(11)2/h5-8H,4,9,16H2,1-3H3. The normalized spacial score (nSPS) is 10.6. The lowest BCUT2D eigenvalue weighted by Gasteiger charge is -2.08. The Morgan fingerprint density at radius 1 is 1.40 bits per heavy atom. The number of nitrogens with zero attached hydrogens (tertiary/aromatic N) is 2. The van der Waals surface area contributed by atoms with Crippen LogP contribution in [0.2, 0.25) is 0 Å². The van der Waals surface area contributed by atoms with Gasteiger partial charge in [0, 0.05) is 7.05 Å². The van der Waals surface area contributed by atoms with Gasteiger partial charge in [0.1, 0.15) is 6.61 Å². The van der Waals surface area contributed by atoms with E-state index < -0.39 is 5.97 Å². The molecule has 0 atom stereocenters. The molecule has 0 radical (unpaired) electrons. The van der Waals surface area contributed by atoms with Gasteiger partial charge >= 0.3 is 5.97 Å². The molecule has 0 aliphatic rings. The number of aryl methyl sites for hydroxylation is 3. The molecule has 0 spiro atoms. The zero-order chi connectivity index (χ0) is 14.7. The molecule has 1 heterocycles. The summed E-state index contributed by atoms with van der Waals surface area (Å²) in [5.41, 5.74) is 9.44. The van der Waals surface area contributed by atoms with E-state index in [1.807, 2.05) is 38.1 Å². The number of nitrogens with two attached hydrogens (primary N) is 1. The fraction of sp³-hybridized carbons (Fsp3) is 0.333. The molecule has 2 rings (SSSR count). The Balaban J connectivity index is 2.13. The summed E-state index contributed by atoms with van der Waals surface area (Å²) in [4.78, 5) is 12.1. The molecule has 0 saturated carbocycles. The summed E-state index contributed by atoms with van der Waals surface area (Å²) in [6.45, 7) is 4.16. The number of nitrogen functional groups attached to an aromatic ring is 1. The van der Waals surface area contributed by atoms with Crippen LogP contribution in [0.15, 0.2) is 24.3 Å². The van der Waals surface area contributed by atoms with Crippen LogP contribution in [0.3, 0.4) is 0 Å². The summed E-state index contributed by atoms with van der Waals surface area (Å²) in [5, 5.41) is 4.21. The van der Waals surface area contributed by atoms with Crippen LogP contribution in [-0.4, -0.2) is 15.7 Å². The maximum absolute atomic E-state index is 12.1. The van der Waals surface area contributed by atoms with Gasteiger partial charge in [-0.05, 0) is 24.5 Å². The Kier molecular flexibility index (Phi) is 4.08. The second-order valence-corrected chi connectivity index (χ2v) is 4.69. The number of carbonyl (C=O) groups excluding carboxylic acids is 1. The molecule has 0 fully saturated rings. The maximum atomic E-state index is 12.1. The second-order valence-electron chi connectivity index (χ2n) is 4.69. The molecule has 1 aromatic heterocycles. The van der Waals surface area contributed by atoms with Gasteiger partial charge in [0.05, 0.1) is 11.4 Å². The van der Waals surface area contributed by atoms with E-state index in [0.29, 0.717) is 17.8 Å². The van der Waals surface area contributed by atoms with Crippen molar-refractivity contribution in [3.63, 3.8) is 0 Å². The fourth-order valence-electron chi connectivity index (χ4n) is 2.08. The molecule has 0 amide bonds. The Bertz CT molecular complexity index is 632. The highest BCUT2D eigenvalue weighted by Crippen LogP contribution is 2.19. The Morgan fingerprint density at radius 3 is 2.70 bits per heavy atom.